The van der Waals surface area contributed by atoms with Crippen LogP contribution in [-0.4, -0.2) is 23.3 Å². The molecule has 0 radical (unpaired) electrons. The van der Waals surface area contributed by atoms with Crippen LogP contribution in [0.3, 0.4) is 0 Å². The van der Waals surface area contributed by atoms with Crippen molar-refractivity contribution in [2.45, 2.75) is 19.3 Å². The maximum Gasteiger partial charge on any atom is 0.252 e. The lowest BCUT2D eigenvalue weighted by Crippen LogP contribution is -2.25. The number of thiazole rings is 1. The third-order valence-electron chi connectivity index (χ3n) is 3.74. The number of aromatic nitrogens is 1. The van der Waals surface area contributed by atoms with Crippen LogP contribution in [-0.2, 0) is 11.2 Å². The van der Waals surface area contributed by atoms with Crippen LogP contribution in [0.1, 0.15) is 33.6 Å². The van der Waals surface area contributed by atoms with E-state index in [4.69, 9.17) is 0 Å². The lowest BCUT2D eigenvalue weighted by atomic mass is 10.1. The third-order valence-corrected chi connectivity index (χ3v) is 5.34. The number of nitrogens with one attached hydrogen (secondary N) is 2. The molecule has 8 heteroatoms. The highest BCUT2D eigenvalue weighted by molar-refractivity contribution is 7.15. The maximum atomic E-state index is 12.9. The van der Waals surface area contributed by atoms with E-state index < -0.39 is 0 Å². The van der Waals surface area contributed by atoms with Gasteiger partial charge in [0.15, 0.2) is 5.13 Å². The first-order valence-corrected chi connectivity index (χ1v) is 10.2. The first-order chi connectivity index (χ1) is 13.1. The number of carbonyl (C=O) groups excluding carboxylic acids is 2. The summed E-state index contributed by atoms with van der Waals surface area (Å²) in [5, 5.41) is 9.73. The summed E-state index contributed by atoms with van der Waals surface area (Å²) in [6.07, 6.45) is 3.21. The molecule has 5 nitrogen and oxygen atoms in total. The lowest BCUT2D eigenvalue weighted by molar-refractivity contribution is -0.116. The van der Waals surface area contributed by atoms with Crippen LogP contribution in [0, 0.1) is 5.82 Å². The molecule has 0 fully saturated rings. The largest absolute Gasteiger partial charge is 0.352 e. The third kappa shape index (κ3) is 5.97. The van der Waals surface area contributed by atoms with Gasteiger partial charge >= 0.3 is 0 Å². The monoisotopic (exact) mass is 403 g/mol. The summed E-state index contributed by atoms with van der Waals surface area (Å²) in [7, 11) is 0. The molecular formula is C19H18FN3O2S2. The molecule has 2 heterocycles. The molecule has 2 aromatic heterocycles. The van der Waals surface area contributed by atoms with Gasteiger partial charge in [-0.3, -0.25) is 9.59 Å². The number of thiophene rings is 1. The van der Waals surface area contributed by atoms with Gasteiger partial charge in [0.1, 0.15) is 5.82 Å². The summed E-state index contributed by atoms with van der Waals surface area (Å²) >= 11 is 2.87. The van der Waals surface area contributed by atoms with Gasteiger partial charge in [-0.15, -0.1) is 11.3 Å². The Balaban J connectivity index is 1.38. The molecule has 2 amide bonds. The normalized spacial score (nSPS) is 10.6. The van der Waals surface area contributed by atoms with Gasteiger partial charge in [0.2, 0.25) is 5.91 Å². The van der Waals surface area contributed by atoms with Crippen molar-refractivity contribution in [3.63, 3.8) is 0 Å². The smallest absolute Gasteiger partial charge is 0.252 e. The Labute approximate surface area is 164 Å². The van der Waals surface area contributed by atoms with Crippen LogP contribution >= 0.6 is 22.7 Å². The molecule has 0 aliphatic heterocycles. The predicted octanol–water partition coefficient (Wildman–Crippen LogP) is 4.08. The number of carbonyl (C=O) groups is 2. The second kappa shape index (κ2) is 9.38. The van der Waals surface area contributed by atoms with Crippen LogP contribution in [0.15, 0.2) is 47.3 Å². The number of hydrogen-bond acceptors (Lipinski definition) is 5. The zero-order chi connectivity index (χ0) is 19.1. The van der Waals surface area contributed by atoms with E-state index in [1.165, 1.54) is 34.8 Å². The van der Waals surface area contributed by atoms with Gasteiger partial charge in [-0.25, -0.2) is 9.37 Å². The summed E-state index contributed by atoms with van der Waals surface area (Å²) in [5.74, 6) is -0.521. The summed E-state index contributed by atoms with van der Waals surface area (Å²) < 4.78 is 12.9. The van der Waals surface area contributed by atoms with Crippen LogP contribution in [0.2, 0.25) is 0 Å². The Morgan fingerprint density at radius 2 is 1.96 bits per heavy atom. The van der Waals surface area contributed by atoms with Crippen LogP contribution < -0.4 is 10.6 Å². The number of anilines is 1. The quantitative estimate of drug-likeness (QED) is 0.557. The zero-order valence-corrected chi connectivity index (χ0v) is 16.0. The van der Waals surface area contributed by atoms with Crippen molar-refractivity contribution >= 4 is 39.6 Å². The van der Waals surface area contributed by atoms with Gasteiger partial charge in [-0.2, -0.15) is 11.3 Å². The van der Waals surface area contributed by atoms with Gasteiger partial charge in [-0.1, -0.05) is 12.1 Å². The average molecular weight is 404 g/mol. The highest BCUT2D eigenvalue weighted by atomic mass is 32.1. The minimum atomic E-state index is -0.262. The molecule has 3 aromatic rings. The molecule has 0 aliphatic rings. The second-order valence-corrected chi connectivity index (χ2v) is 7.75. The van der Waals surface area contributed by atoms with E-state index in [2.05, 4.69) is 15.6 Å². The zero-order valence-electron chi connectivity index (χ0n) is 14.4. The van der Waals surface area contributed by atoms with E-state index in [0.717, 1.165) is 10.4 Å². The Kier molecular flexibility index (Phi) is 6.67. The van der Waals surface area contributed by atoms with E-state index in [1.54, 1.807) is 29.8 Å². The van der Waals surface area contributed by atoms with Crippen molar-refractivity contribution in [3.05, 3.63) is 69.1 Å². The van der Waals surface area contributed by atoms with Crippen molar-refractivity contribution < 1.29 is 14.0 Å². The minimum absolute atomic E-state index is 0.123. The molecule has 0 unspecified atom stereocenters. The number of amides is 2. The Bertz CT molecular complexity index is 892. The van der Waals surface area contributed by atoms with Crippen molar-refractivity contribution in [2.24, 2.45) is 0 Å². The second-order valence-electron chi connectivity index (χ2n) is 5.85. The van der Waals surface area contributed by atoms with Gasteiger partial charge in [0.05, 0.1) is 0 Å². The molecule has 0 aliphatic carbocycles. The van der Waals surface area contributed by atoms with E-state index in [1.807, 2.05) is 5.38 Å². The molecule has 0 atom stereocenters. The fourth-order valence-corrected chi connectivity index (χ4v) is 3.88. The molecule has 0 saturated carbocycles. The van der Waals surface area contributed by atoms with Gasteiger partial charge < -0.3 is 10.6 Å². The summed E-state index contributed by atoms with van der Waals surface area (Å²) in [4.78, 5) is 29.0. The standard InChI is InChI=1S/C19H18FN3O2S2/c20-15-5-3-13(4-6-15)10-16-11-22-19(27-16)23-17(24)2-1-8-21-18(25)14-7-9-26-12-14/h3-7,9,11-12H,1-2,8,10H2,(H,21,25)(H,22,23,24). The molecular weight excluding hydrogens is 385 g/mol. The molecule has 1 aromatic carbocycles. The lowest BCUT2D eigenvalue weighted by Gasteiger charge is -2.04. The SMILES string of the molecule is O=C(CCCNC(=O)c1ccsc1)Nc1ncc(Cc2ccc(F)cc2)s1. The van der Waals surface area contributed by atoms with Crippen LogP contribution in [0.5, 0.6) is 0 Å². The number of benzene rings is 1. The number of rotatable bonds is 8. The summed E-state index contributed by atoms with van der Waals surface area (Å²) in [6.45, 7) is 0.440. The molecule has 27 heavy (non-hydrogen) atoms. The Morgan fingerprint density at radius 1 is 1.15 bits per heavy atom. The molecule has 2 N–H and O–H groups in total. The minimum Gasteiger partial charge on any atom is -0.352 e. The molecule has 0 bridgehead atoms. The highest BCUT2D eigenvalue weighted by Gasteiger charge is 2.09. The van der Waals surface area contributed by atoms with Crippen molar-refractivity contribution in [1.29, 1.82) is 0 Å². The number of hydrogen-bond donors (Lipinski definition) is 2. The molecule has 0 spiro atoms. The first kappa shape index (κ1) is 19.2. The highest BCUT2D eigenvalue weighted by Crippen LogP contribution is 2.21. The van der Waals surface area contributed by atoms with Gasteiger partial charge in [0.25, 0.3) is 5.91 Å². The Hall–Kier alpha value is -2.58. The van der Waals surface area contributed by atoms with E-state index in [0.29, 0.717) is 36.5 Å². The average Bonchev–Trinajstić information content (AvgIpc) is 3.33. The van der Waals surface area contributed by atoms with Gasteiger partial charge in [0, 0.05) is 41.4 Å². The van der Waals surface area contributed by atoms with Crippen LogP contribution in [0.4, 0.5) is 9.52 Å². The van der Waals surface area contributed by atoms with E-state index >= 15 is 0 Å². The Morgan fingerprint density at radius 3 is 2.70 bits per heavy atom. The van der Waals surface area contributed by atoms with Crippen LogP contribution in [0.25, 0.3) is 0 Å². The molecule has 3 rings (SSSR count). The topological polar surface area (TPSA) is 71.1 Å². The van der Waals surface area contributed by atoms with Crippen molar-refractivity contribution in [2.75, 3.05) is 11.9 Å². The van der Waals surface area contributed by atoms with Crippen molar-refractivity contribution in [3.8, 4) is 0 Å². The van der Waals surface area contributed by atoms with Crippen molar-refractivity contribution in [1.82, 2.24) is 10.3 Å². The number of nitrogens with zero attached hydrogens (tertiary/aromatic N) is 1. The van der Waals surface area contributed by atoms with E-state index in [9.17, 15) is 14.0 Å². The fourth-order valence-electron chi connectivity index (χ4n) is 2.38. The van der Waals surface area contributed by atoms with Gasteiger partial charge in [-0.05, 0) is 35.6 Å². The predicted molar refractivity (Wildman–Crippen MR) is 106 cm³/mol. The molecule has 140 valence electrons. The molecule has 0 saturated heterocycles. The summed E-state index contributed by atoms with van der Waals surface area (Å²) in [6, 6.07) is 8.08. The fraction of sp³-hybridized carbons (Fsp3) is 0.211. The maximum absolute atomic E-state index is 12.9. The van der Waals surface area contributed by atoms with E-state index in [-0.39, 0.29) is 17.6 Å². The first-order valence-electron chi connectivity index (χ1n) is 8.39. The summed E-state index contributed by atoms with van der Waals surface area (Å²) in [5.41, 5.74) is 1.63. The number of halogens is 1.